The summed E-state index contributed by atoms with van der Waals surface area (Å²) in [4.78, 5) is 33.7. The third kappa shape index (κ3) is 5.25. The number of carbonyl (C=O) groups excluding carboxylic acids is 2. The van der Waals surface area contributed by atoms with Crippen LogP contribution < -0.4 is 15.0 Å². The van der Waals surface area contributed by atoms with Crippen molar-refractivity contribution >= 4 is 23.2 Å². The number of ether oxygens (including phenoxy) is 1. The van der Waals surface area contributed by atoms with E-state index in [0.717, 1.165) is 49.5 Å². The summed E-state index contributed by atoms with van der Waals surface area (Å²) >= 11 is 0. The van der Waals surface area contributed by atoms with Crippen LogP contribution in [0.25, 0.3) is 0 Å². The molecule has 1 saturated carbocycles. The Morgan fingerprint density at radius 1 is 1.00 bits per heavy atom. The normalized spacial score (nSPS) is 19.6. The Morgan fingerprint density at radius 2 is 1.74 bits per heavy atom. The Morgan fingerprint density at radius 3 is 2.35 bits per heavy atom. The van der Waals surface area contributed by atoms with Gasteiger partial charge in [0.2, 0.25) is 11.8 Å². The number of pyridine rings is 1. The molecule has 1 aromatic carbocycles. The average Bonchev–Trinajstić information content (AvgIpc) is 3.33. The van der Waals surface area contributed by atoms with Gasteiger partial charge in [-0.1, -0.05) is 12.8 Å². The van der Waals surface area contributed by atoms with Crippen LogP contribution >= 0.6 is 0 Å². The first-order valence-corrected chi connectivity index (χ1v) is 12.7. The zero-order valence-electron chi connectivity index (χ0n) is 19.7. The highest BCUT2D eigenvalue weighted by Gasteiger charge is 2.31. The van der Waals surface area contributed by atoms with Crippen LogP contribution in [0.1, 0.15) is 44.9 Å². The van der Waals surface area contributed by atoms with Crippen molar-refractivity contribution in [3.63, 3.8) is 0 Å². The maximum absolute atomic E-state index is 13.1. The fourth-order valence-electron chi connectivity index (χ4n) is 5.22. The fraction of sp³-hybridized carbons (Fsp3) is 0.519. The zero-order chi connectivity index (χ0) is 23.3. The minimum absolute atomic E-state index is 0.0160. The summed E-state index contributed by atoms with van der Waals surface area (Å²) in [6, 6.07) is 11.5. The molecule has 3 aliphatic rings. The molecule has 180 valence electrons. The number of amides is 2. The van der Waals surface area contributed by atoms with Gasteiger partial charge in [-0.25, -0.2) is 0 Å². The summed E-state index contributed by atoms with van der Waals surface area (Å²) < 4.78 is 6.23. The summed E-state index contributed by atoms with van der Waals surface area (Å²) in [7, 11) is 0. The van der Waals surface area contributed by atoms with Crippen LogP contribution in [0.3, 0.4) is 0 Å². The summed E-state index contributed by atoms with van der Waals surface area (Å²) in [6.07, 6.45) is 10.9. The molecule has 3 heterocycles. The minimum atomic E-state index is -0.0160. The number of aromatic nitrogens is 1. The monoisotopic (exact) mass is 462 g/mol. The van der Waals surface area contributed by atoms with Gasteiger partial charge in [0.05, 0.1) is 17.8 Å². The highest BCUT2D eigenvalue weighted by molar-refractivity contribution is 6.02. The molecule has 34 heavy (non-hydrogen) atoms. The molecule has 0 spiro atoms. The first kappa shape index (κ1) is 22.8. The number of carbonyl (C=O) groups is 2. The molecule has 2 saturated heterocycles. The van der Waals surface area contributed by atoms with Crippen LogP contribution in [0.15, 0.2) is 48.8 Å². The standard InChI is InChI=1S/C27H34N4O3/c32-26(16-20-4-1-2-5-20)30-14-11-25(12-15-30)34-24-9-7-22(8-10-24)31(23-6-3-13-28-19-23)27(33)21-17-29-18-21/h3,6-10,13,19-21,25,29H,1-2,4-5,11-12,14-18H2. The molecule has 1 N–H and O–H groups in total. The molecule has 7 heteroatoms. The van der Waals surface area contributed by atoms with Gasteiger partial charge in [0.15, 0.2) is 0 Å². The van der Waals surface area contributed by atoms with Crippen molar-refractivity contribution < 1.29 is 14.3 Å². The van der Waals surface area contributed by atoms with Crippen LogP contribution in [-0.4, -0.2) is 54.0 Å². The number of nitrogens with one attached hydrogen (secondary N) is 1. The molecule has 0 bridgehead atoms. The molecule has 3 fully saturated rings. The number of likely N-dealkylation sites (tertiary alicyclic amines) is 1. The van der Waals surface area contributed by atoms with E-state index in [4.69, 9.17) is 4.74 Å². The molecule has 1 aromatic heterocycles. The van der Waals surface area contributed by atoms with Crippen LogP contribution in [0, 0.1) is 11.8 Å². The van der Waals surface area contributed by atoms with Crippen molar-refractivity contribution in [2.24, 2.45) is 11.8 Å². The maximum Gasteiger partial charge on any atom is 0.237 e. The molecule has 2 amide bonds. The fourth-order valence-corrected chi connectivity index (χ4v) is 5.22. The van der Waals surface area contributed by atoms with E-state index in [-0.39, 0.29) is 17.9 Å². The van der Waals surface area contributed by atoms with Gasteiger partial charge >= 0.3 is 0 Å². The molecule has 0 radical (unpaired) electrons. The molecular weight excluding hydrogens is 428 g/mol. The van der Waals surface area contributed by atoms with E-state index in [1.54, 1.807) is 17.3 Å². The predicted octanol–water partition coefficient (Wildman–Crippen LogP) is 3.92. The van der Waals surface area contributed by atoms with E-state index in [2.05, 4.69) is 10.3 Å². The number of hydrogen-bond acceptors (Lipinski definition) is 5. The average molecular weight is 463 g/mol. The Bertz CT molecular complexity index is 963. The van der Waals surface area contributed by atoms with Crippen molar-refractivity contribution in [1.82, 2.24) is 15.2 Å². The van der Waals surface area contributed by atoms with Crippen molar-refractivity contribution in [2.75, 3.05) is 31.1 Å². The minimum Gasteiger partial charge on any atom is -0.490 e. The lowest BCUT2D eigenvalue weighted by Gasteiger charge is -2.33. The van der Waals surface area contributed by atoms with Crippen molar-refractivity contribution in [1.29, 1.82) is 0 Å². The van der Waals surface area contributed by atoms with E-state index < -0.39 is 0 Å². The first-order chi connectivity index (χ1) is 16.7. The second-order valence-corrected chi connectivity index (χ2v) is 9.79. The quantitative estimate of drug-likeness (QED) is 0.675. The summed E-state index contributed by atoms with van der Waals surface area (Å²) in [5, 5.41) is 3.17. The van der Waals surface area contributed by atoms with Crippen molar-refractivity contribution in [3.8, 4) is 5.75 Å². The summed E-state index contributed by atoms with van der Waals surface area (Å²) in [6.45, 7) is 2.96. The van der Waals surface area contributed by atoms with Gasteiger partial charge in [-0.05, 0) is 55.2 Å². The number of benzene rings is 1. The lowest BCUT2D eigenvalue weighted by Crippen LogP contribution is -2.51. The van der Waals surface area contributed by atoms with E-state index in [0.29, 0.717) is 24.9 Å². The molecule has 7 nitrogen and oxygen atoms in total. The largest absolute Gasteiger partial charge is 0.490 e. The van der Waals surface area contributed by atoms with E-state index in [1.165, 1.54) is 25.7 Å². The predicted molar refractivity (Wildman–Crippen MR) is 131 cm³/mol. The number of nitrogens with zero attached hydrogens (tertiary/aromatic N) is 3. The Balaban J connectivity index is 1.18. The number of rotatable bonds is 7. The number of piperidine rings is 1. The van der Waals surface area contributed by atoms with Gasteiger partial charge in [-0.15, -0.1) is 0 Å². The van der Waals surface area contributed by atoms with E-state index in [9.17, 15) is 9.59 Å². The first-order valence-electron chi connectivity index (χ1n) is 12.7. The molecule has 2 aliphatic heterocycles. The Kier molecular flexibility index (Phi) is 7.09. The molecule has 0 unspecified atom stereocenters. The smallest absolute Gasteiger partial charge is 0.237 e. The number of hydrogen-bond donors (Lipinski definition) is 1. The van der Waals surface area contributed by atoms with E-state index in [1.807, 2.05) is 41.3 Å². The molecule has 0 atom stereocenters. The van der Waals surface area contributed by atoms with E-state index >= 15 is 0 Å². The second-order valence-electron chi connectivity index (χ2n) is 9.79. The molecular formula is C27H34N4O3. The van der Waals surface area contributed by atoms with Gasteiger partial charge in [-0.3, -0.25) is 19.5 Å². The highest BCUT2D eigenvalue weighted by Crippen LogP contribution is 2.31. The van der Waals surface area contributed by atoms with Crippen LogP contribution in [-0.2, 0) is 9.59 Å². The zero-order valence-corrected chi connectivity index (χ0v) is 19.7. The van der Waals surface area contributed by atoms with Crippen LogP contribution in [0.2, 0.25) is 0 Å². The number of anilines is 2. The second kappa shape index (κ2) is 10.6. The van der Waals surface area contributed by atoms with Gasteiger partial charge < -0.3 is 15.0 Å². The van der Waals surface area contributed by atoms with Crippen LogP contribution in [0.5, 0.6) is 5.75 Å². The Hall–Kier alpha value is -2.93. The molecule has 1 aliphatic carbocycles. The summed E-state index contributed by atoms with van der Waals surface area (Å²) in [5.74, 6) is 1.77. The van der Waals surface area contributed by atoms with Gasteiger partial charge in [0.1, 0.15) is 11.9 Å². The van der Waals surface area contributed by atoms with Gasteiger partial charge in [0, 0.05) is 57.3 Å². The molecule has 5 rings (SSSR count). The lowest BCUT2D eigenvalue weighted by molar-refractivity contribution is -0.134. The van der Waals surface area contributed by atoms with Gasteiger partial charge in [0.25, 0.3) is 0 Å². The van der Waals surface area contributed by atoms with Gasteiger partial charge in [-0.2, -0.15) is 0 Å². The van der Waals surface area contributed by atoms with Crippen molar-refractivity contribution in [3.05, 3.63) is 48.8 Å². The SMILES string of the molecule is O=C(CC1CCCC1)N1CCC(Oc2ccc(N(C(=O)C3CNC3)c3cccnc3)cc2)CC1. The highest BCUT2D eigenvalue weighted by atomic mass is 16.5. The molecule has 2 aromatic rings. The van der Waals surface area contributed by atoms with Crippen molar-refractivity contribution in [2.45, 2.75) is 51.0 Å². The third-order valence-electron chi connectivity index (χ3n) is 7.39. The lowest BCUT2D eigenvalue weighted by atomic mass is 10.0. The maximum atomic E-state index is 13.1. The topological polar surface area (TPSA) is 74.8 Å². The Labute approximate surface area is 201 Å². The van der Waals surface area contributed by atoms with Crippen LogP contribution in [0.4, 0.5) is 11.4 Å². The third-order valence-corrected chi connectivity index (χ3v) is 7.39. The summed E-state index contributed by atoms with van der Waals surface area (Å²) in [5.41, 5.74) is 1.58.